The van der Waals surface area contributed by atoms with Crippen molar-refractivity contribution >= 4 is 29.3 Å². The lowest BCUT2D eigenvalue weighted by Crippen LogP contribution is -2.30. The van der Waals surface area contributed by atoms with Crippen molar-refractivity contribution in [2.24, 2.45) is 0 Å². The molecule has 1 aliphatic rings. The first-order valence-electron chi connectivity index (χ1n) is 9.79. The Balaban J connectivity index is 1.41. The number of thioether (sulfide) groups is 1. The fraction of sp³-hybridized carbons (Fsp3) is 0.333. The molecule has 9 heteroatoms. The van der Waals surface area contributed by atoms with Crippen molar-refractivity contribution in [3.05, 3.63) is 70.7 Å². The maximum absolute atomic E-state index is 12.8. The van der Waals surface area contributed by atoms with Crippen LogP contribution in [0.25, 0.3) is 0 Å². The number of carbonyl (C=O) groups excluding carboxylic acids is 1. The minimum absolute atomic E-state index is 0.101. The van der Waals surface area contributed by atoms with Crippen LogP contribution in [0.5, 0.6) is 0 Å². The van der Waals surface area contributed by atoms with Gasteiger partial charge < -0.3 is 10.1 Å². The summed E-state index contributed by atoms with van der Waals surface area (Å²) in [4.78, 5) is 12.8. The normalized spacial score (nSPS) is 17.0. The Morgan fingerprint density at radius 3 is 2.70 bits per heavy atom. The van der Waals surface area contributed by atoms with Crippen molar-refractivity contribution in [1.29, 1.82) is 0 Å². The molecule has 30 heavy (non-hydrogen) atoms. The molecule has 7 nitrogen and oxygen atoms in total. The zero-order chi connectivity index (χ0) is 20.8. The molecular weight excluding hydrogens is 422 g/mol. The van der Waals surface area contributed by atoms with Gasteiger partial charge in [-0.1, -0.05) is 65.8 Å². The predicted octanol–water partition coefficient (Wildman–Crippen LogP) is 3.50. The number of carbonyl (C=O) groups is 1. The number of aromatic nitrogens is 4. The maximum atomic E-state index is 12.8. The fourth-order valence-electron chi connectivity index (χ4n) is 3.39. The van der Waals surface area contributed by atoms with E-state index in [9.17, 15) is 4.79 Å². The van der Waals surface area contributed by atoms with Gasteiger partial charge in [0.25, 0.3) is 0 Å². The lowest BCUT2D eigenvalue weighted by molar-refractivity contribution is -0.119. The predicted molar refractivity (Wildman–Crippen MR) is 115 cm³/mol. The van der Waals surface area contributed by atoms with Crippen LogP contribution in [0.2, 0.25) is 5.02 Å². The van der Waals surface area contributed by atoms with Gasteiger partial charge in [-0.2, -0.15) is 0 Å². The van der Waals surface area contributed by atoms with Crippen LogP contribution in [0, 0.1) is 0 Å². The van der Waals surface area contributed by atoms with Crippen LogP contribution in [0.3, 0.4) is 0 Å². The molecule has 1 fully saturated rings. The molecule has 1 amide bonds. The van der Waals surface area contributed by atoms with Crippen molar-refractivity contribution in [3.8, 4) is 0 Å². The Hall–Kier alpha value is -2.42. The van der Waals surface area contributed by atoms with E-state index in [4.69, 9.17) is 16.3 Å². The minimum Gasteiger partial charge on any atom is -0.376 e. The van der Waals surface area contributed by atoms with Crippen LogP contribution in [0.4, 0.5) is 0 Å². The summed E-state index contributed by atoms with van der Waals surface area (Å²) in [6.45, 7) is 1.39. The average molecular weight is 444 g/mol. The number of tetrazole rings is 1. The molecule has 2 atom stereocenters. The van der Waals surface area contributed by atoms with Crippen molar-refractivity contribution in [1.82, 2.24) is 25.5 Å². The summed E-state index contributed by atoms with van der Waals surface area (Å²) in [6.07, 6.45) is 2.20. The molecule has 0 aliphatic carbocycles. The zero-order valence-electron chi connectivity index (χ0n) is 16.3. The molecule has 3 aromatic rings. The third-order valence-corrected chi connectivity index (χ3v) is 6.08. The van der Waals surface area contributed by atoms with Crippen molar-refractivity contribution in [2.45, 2.75) is 36.7 Å². The first-order valence-corrected chi connectivity index (χ1v) is 11.2. The molecule has 1 aromatic heterocycles. The number of nitrogens with one attached hydrogen (secondary N) is 1. The van der Waals surface area contributed by atoms with E-state index in [1.165, 1.54) is 11.8 Å². The molecular formula is C21H22ClN5O2S. The highest BCUT2D eigenvalue weighted by molar-refractivity contribution is 7.99. The van der Waals surface area contributed by atoms with E-state index in [1.807, 2.05) is 54.6 Å². The van der Waals surface area contributed by atoms with E-state index in [0.29, 0.717) is 16.7 Å². The Kier molecular flexibility index (Phi) is 6.99. The lowest BCUT2D eigenvalue weighted by Gasteiger charge is -2.20. The number of ether oxygens (including phenoxy) is 1. The second kappa shape index (κ2) is 10.1. The van der Waals surface area contributed by atoms with Gasteiger partial charge in [-0.3, -0.25) is 4.79 Å². The molecule has 1 saturated heterocycles. The van der Waals surface area contributed by atoms with Gasteiger partial charge in [0.05, 0.1) is 24.4 Å². The van der Waals surface area contributed by atoms with Crippen LogP contribution in [0.1, 0.15) is 30.0 Å². The topological polar surface area (TPSA) is 81.9 Å². The average Bonchev–Trinajstić information content (AvgIpc) is 3.44. The van der Waals surface area contributed by atoms with E-state index in [-0.39, 0.29) is 23.8 Å². The van der Waals surface area contributed by atoms with Crippen LogP contribution in [-0.2, 0) is 16.1 Å². The van der Waals surface area contributed by atoms with E-state index in [1.54, 1.807) is 4.68 Å². The van der Waals surface area contributed by atoms with Crippen molar-refractivity contribution in [2.75, 3.05) is 12.4 Å². The summed E-state index contributed by atoms with van der Waals surface area (Å²) in [5.74, 6) is 0.110. The minimum atomic E-state index is -0.264. The third-order valence-electron chi connectivity index (χ3n) is 4.87. The Morgan fingerprint density at radius 1 is 1.20 bits per heavy atom. The molecule has 156 valence electrons. The molecule has 0 saturated carbocycles. The number of rotatable bonds is 8. The summed E-state index contributed by atoms with van der Waals surface area (Å²) in [7, 11) is 0. The lowest BCUT2D eigenvalue weighted by atomic mass is 9.99. The molecule has 1 N–H and O–H groups in total. The monoisotopic (exact) mass is 443 g/mol. The summed E-state index contributed by atoms with van der Waals surface area (Å²) in [6, 6.07) is 17.1. The number of amides is 1. The summed E-state index contributed by atoms with van der Waals surface area (Å²) >= 11 is 7.35. The van der Waals surface area contributed by atoms with E-state index >= 15 is 0 Å². The second-order valence-electron chi connectivity index (χ2n) is 7.03. The van der Waals surface area contributed by atoms with Gasteiger partial charge >= 0.3 is 0 Å². The van der Waals surface area contributed by atoms with Gasteiger partial charge in [0, 0.05) is 11.6 Å². The highest BCUT2D eigenvalue weighted by Gasteiger charge is 2.21. The molecule has 0 bridgehead atoms. The number of nitrogens with zero attached hydrogens (tertiary/aromatic N) is 4. The Morgan fingerprint density at radius 2 is 1.97 bits per heavy atom. The molecule has 2 heterocycles. The van der Waals surface area contributed by atoms with Crippen LogP contribution >= 0.6 is 23.4 Å². The maximum Gasteiger partial charge on any atom is 0.231 e. The smallest absolute Gasteiger partial charge is 0.231 e. The standard InChI is InChI=1S/C21H22ClN5O2S/c22-17-10-8-16(9-11-17)20(15-5-2-1-3-6-15)23-19(28)14-30-21-24-25-26-27(21)13-18-7-4-12-29-18/h1-3,5-6,8-11,18,20H,4,7,12-14H2,(H,23,28)/t18-,20-/m0/s1. The molecule has 1 aliphatic heterocycles. The van der Waals surface area contributed by atoms with E-state index < -0.39 is 0 Å². The zero-order valence-corrected chi connectivity index (χ0v) is 17.9. The molecule has 0 unspecified atom stereocenters. The third kappa shape index (κ3) is 5.38. The van der Waals surface area contributed by atoms with Gasteiger partial charge in [-0.25, -0.2) is 4.68 Å². The quantitative estimate of drug-likeness (QED) is 0.536. The van der Waals surface area contributed by atoms with Gasteiger partial charge in [-0.05, 0) is 46.5 Å². The number of hydrogen-bond donors (Lipinski definition) is 1. The van der Waals surface area contributed by atoms with E-state index in [2.05, 4.69) is 20.8 Å². The van der Waals surface area contributed by atoms with Gasteiger partial charge in [0.2, 0.25) is 11.1 Å². The summed E-state index contributed by atoms with van der Waals surface area (Å²) < 4.78 is 7.36. The first kappa shape index (κ1) is 20.8. The number of halogens is 1. The largest absolute Gasteiger partial charge is 0.376 e. The van der Waals surface area contributed by atoms with Gasteiger partial charge in [0.15, 0.2) is 0 Å². The molecule has 0 radical (unpaired) electrons. The van der Waals surface area contributed by atoms with E-state index in [0.717, 1.165) is 30.6 Å². The Bertz CT molecular complexity index is 961. The van der Waals surface area contributed by atoms with Crippen LogP contribution in [0.15, 0.2) is 59.8 Å². The van der Waals surface area contributed by atoms with Crippen LogP contribution < -0.4 is 5.32 Å². The molecule has 4 rings (SSSR count). The second-order valence-corrected chi connectivity index (χ2v) is 8.41. The SMILES string of the molecule is O=C(CSc1nnnn1C[C@@H]1CCCO1)N[C@@H](c1ccccc1)c1ccc(Cl)cc1. The highest BCUT2D eigenvalue weighted by atomic mass is 35.5. The fourth-order valence-corrected chi connectivity index (χ4v) is 4.21. The number of hydrogen-bond acceptors (Lipinski definition) is 6. The van der Waals surface area contributed by atoms with Crippen molar-refractivity contribution < 1.29 is 9.53 Å². The van der Waals surface area contributed by atoms with Crippen molar-refractivity contribution in [3.63, 3.8) is 0 Å². The molecule has 2 aromatic carbocycles. The number of benzene rings is 2. The first-order chi connectivity index (χ1) is 14.7. The van der Waals surface area contributed by atoms with Crippen LogP contribution in [-0.4, -0.2) is 44.6 Å². The summed E-state index contributed by atoms with van der Waals surface area (Å²) in [5, 5.41) is 16.2. The van der Waals surface area contributed by atoms with Gasteiger partial charge in [0.1, 0.15) is 0 Å². The van der Waals surface area contributed by atoms with Gasteiger partial charge in [-0.15, -0.1) is 5.10 Å². The Labute approximate surface area is 184 Å². The summed E-state index contributed by atoms with van der Waals surface area (Å²) in [5.41, 5.74) is 1.97. The molecule has 0 spiro atoms. The highest BCUT2D eigenvalue weighted by Crippen LogP contribution is 2.24.